The fourth-order valence-electron chi connectivity index (χ4n) is 2.71. The number of aliphatic hydroxyl groups excluding tert-OH is 1. The zero-order valence-electron chi connectivity index (χ0n) is 14.0. The molecule has 1 fully saturated rings. The highest BCUT2D eigenvalue weighted by Gasteiger charge is 2.39. The molecular weight excluding hydrogens is 320 g/mol. The van der Waals surface area contributed by atoms with Crippen molar-refractivity contribution in [2.45, 2.75) is 51.8 Å². The van der Waals surface area contributed by atoms with Gasteiger partial charge in [-0.25, -0.2) is 4.79 Å². The van der Waals surface area contributed by atoms with Crippen molar-refractivity contribution >= 4 is 23.8 Å². The number of carbonyl (C=O) groups is 4. The lowest BCUT2D eigenvalue weighted by Gasteiger charge is -2.26. The number of hydrogen-bond acceptors (Lipinski definition) is 6. The number of carboxylic acid groups (broad SMARTS) is 1. The van der Waals surface area contributed by atoms with Gasteiger partial charge in [0, 0.05) is 19.9 Å². The molecule has 136 valence electrons. The molecule has 0 aromatic heterocycles. The van der Waals surface area contributed by atoms with E-state index in [0.717, 1.165) is 0 Å². The number of aliphatic hydroxyl groups is 1. The van der Waals surface area contributed by atoms with Crippen molar-refractivity contribution in [2.75, 3.05) is 13.2 Å². The highest BCUT2D eigenvalue weighted by molar-refractivity contribution is 5.90. The molecular formula is C15H24N2O7. The van der Waals surface area contributed by atoms with E-state index < -0.39 is 42.0 Å². The van der Waals surface area contributed by atoms with Gasteiger partial charge < -0.3 is 25.2 Å². The van der Waals surface area contributed by atoms with Crippen molar-refractivity contribution in [3.63, 3.8) is 0 Å². The van der Waals surface area contributed by atoms with Gasteiger partial charge in [0.15, 0.2) is 0 Å². The molecule has 1 rings (SSSR count). The van der Waals surface area contributed by atoms with E-state index in [1.54, 1.807) is 6.92 Å². The Bertz CT molecular complexity index is 508. The number of hydrogen-bond donors (Lipinski definition) is 3. The number of rotatable bonds is 7. The van der Waals surface area contributed by atoms with Crippen LogP contribution in [0.25, 0.3) is 0 Å². The minimum absolute atomic E-state index is 0.0313. The van der Waals surface area contributed by atoms with Gasteiger partial charge in [0.05, 0.1) is 19.1 Å². The van der Waals surface area contributed by atoms with E-state index in [1.165, 1.54) is 18.7 Å². The third-order valence-electron chi connectivity index (χ3n) is 3.91. The zero-order chi connectivity index (χ0) is 18.4. The number of β-amino-alcohol motifs (C(OH)–C–C–N with tert-alkyl or cyclic N) is 1. The molecule has 0 saturated carbocycles. The van der Waals surface area contributed by atoms with Crippen molar-refractivity contribution in [3.8, 4) is 0 Å². The van der Waals surface area contributed by atoms with E-state index in [-0.39, 0.29) is 31.9 Å². The summed E-state index contributed by atoms with van der Waals surface area (Å²) in [6, 6.07) is -2.22. The maximum absolute atomic E-state index is 12.3. The van der Waals surface area contributed by atoms with Gasteiger partial charge in [0.1, 0.15) is 12.1 Å². The number of nitrogens with zero attached hydrogens (tertiary/aromatic N) is 1. The van der Waals surface area contributed by atoms with E-state index in [0.29, 0.717) is 0 Å². The van der Waals surface area contributed by atoms with Gasteiger partial charge in [-0.05, 0) is 12.8 Å². The maximum Gasteiger partial charge on any atom is 0.326 e. The van der Waals surface area contributed by atoms with Crippen molar-refractivity contribution in [2.24, 2.45) is 5.92 Å². The van der Waals surface area contributed by atoms with Crippen LogP contribution < -0.4 is 5.32 Å². The molecule has 2 amide bonds. The average molecular weight is 344 g/mol. The molecule has 9 heteroatoms. The molecule has 1 aliphatic heterocycles. The largest absolute Gasteiger partial charge is 0.480 e. The van der Waals surface area contributed by atoms with Crippen molar-refractivity contribution in [1.82, 2.24) is 10.2 Å². The van der Waals surface area contributed by atoms with Gasteiger partial charge in [-0.1, -0.05) is 6.92 Å². The summed E-state index contributed by atoms with van der Waals surface area (Å²) in [4.78, 5) is 48.0. The molecule has 0 radical (unpaired) electrons. The molecule has 0 aromatic rings. The molecule has 1 aliphatic rings. The van der Waals surface area contributed by atoms with E-state index in [2.05, 4.69) is 5.32 Å². The second-order valence-corrected chi connectivity index (χ2v) is 5.89. The summed E-state index contributed by atoms with van der Waals surface area (Å²) in [5.74, 6) is -3.56. The SMILES string of the molecule is CCOC(=O)C[C@H](C)[C@@H](NC(=O)[C@@H]1C[C@@H](O)CN1C(C)=O)C(=O)O. The van der Waals surface area contributed by atoms with Gasteiger partial charge in [0.2, 0.25) is 11.8 Å². The van der Waals surface area contributed by atoms with Crippen LogP contribution in [0.1, 0.15) is 33.6 Å². The summed E-state index contributed by atoms with van der Waals surface area (Å²) in [5, 5.41) is 21.3. The first-order valence-electron chi connectivity index (χ1n) is 7.81. The normalized spacial score (nSPS) is 22.6. The number of likely N-dealkylation sites (tertiary alicyclic amines) is 1. The third kappa shape index (κ3) is 5.19. The van der Waals surface area contributed by atoms with Crippen LogP contribution in [-0.4, -0.2) is 70.2 Å². The summed E-state index contributed by atoms with van der Waals surface area (Å²) < 4.78 is 4.78. The Morgan fingerprint density at radius 2 is 1.96 bits per heavy atom. The minimum atomic E-state index is -1.30. The lowest BCUT2D eigenvalue weighted by molar-refractivity contribution is -0.148. The number of carbonyl (C=O) groups excluding carboxylic acids is 3. The molecule has 0 unspecified atom stereocenters. The van der Waals surface area contributed by atoms with Crippen molar-refractivity contribution in [3.05, 3.63) is 0 Å². The second kappa shape index (κ2) is 8.62. The van der Waals surface area contributed by atoms with Crippen LogP contribution in [0, 0.1) is 5.92 Å². The summed E-state index contributed by atoms with van der Waals surface area (Å²) in [6.45, 7) is 4.64. The van der Waals surface area contributed by atoms with Crippen molar-refractivity contribution < 1.29 is 34.1 Å². The number of amides is 2. The standard InChI is InChI=1S/C15H24N2O7/c1-4-24-12(20)5-8(2)13(15(22)23)16-14(21)11-6-10(19)7-17(11)9(3)18/h8,10-11,13,19H,4-7H2,1-3H3,(H,16,21)(H,22,23)/t8-,10+,11-,13+/m0/s1. The molecule has 1 saturated heterocycles. The first kappa shape index (κ1) is 19.9. The minimum Gasteiger partial charge on any atom is -0.480 e. The lowest BCUT2D eigenvalue weighted by Crippen LogP contribution is -2.52. The average Bonchev–Trinajstić information content (AvgIpc) is 2.86. The molecule has 0 aliphatic carbocycles. The highest BCUT2D eigenvalue weighted by Crippen LogP contribution is 2.19. The first-order chi connectivity index (χ1) is 11.2. The Labute approximate surface area is 140 Å². The van der Waals surface area contributed by atoms with E-state index in [9.17, 15) is 29.4 Å². The Morgan fingerprint density at radius 1 is 1.33 bits per heavy atom. The van der Waals surface area contributed by atoms with Crippen molar-refractivity contribution in [1.29, 1.82) is 0 Å². The lowest BCUT2D eigenvalue weighted by atomic mass is 9.97. The van der Waals surface area contributed by atoms with Crippen LogP contribution in [-0.2, 0) is 23.9 Å². The van der Waals surface area contributed by atoms with E-state index >= 15 is 0 Å². The van der Waals surface area contributed by atoms with E-state index in [1.807, 2.05) is 0 Å². The molecule has 1 heterocycles. The highest BCUT2D eigenvalue weighted by atomic mass is 16.5. The van der Waals surface area contributed by atoms with Crippen LogP contribution in [0.4, 0.5) is 0 Å². The van der Waals surface area contributed by atoms with Crippen LogP contribution in [0.3, 0.4) is 0 Å². The second-order valence-electron chi connectivity index (χ2n) is 5.89. The quantitative estimate of drug-likeness (QED) is 0.511. The summed E-state index contributed by atoms with van der Waals surface area (Å²) >= 11 is 0. The molecule has 24 heavy (non-hydrogen) atoms. The Morgan fingerprint density at radius 3 is 2.46 bits per heavy atom. The predicted octanol–water partition coefficient (Wildman–Crippen LogP) is -0.873. The zero-order valence-corrected chi connectivity index (χ0v) is 14.0. The van der Waals surface area contributed by atoms with Gasteiger partial charge in [0.25, 0.3) is 0 Å². The van der Waals surface area contributed by atoms with Gasteiger partial charge in [-0.15, -0.1) is 0 Å². The first-order valence-corrected chi connectivity index (χ1v) is 7.81. The number of carboxylic acids is 1. The van der Waals surface area contributed by atoms with Gasteiger partial charge in [-0.2, -0.15) is 0 Å². The van der Waals surface area contributed by atoms with E-state index in [4.69, 9.17) is 4.74 Å². The number of ether oxygens (including phenoxy) is 1. The number of esters is 1. The van der Waals surface area contributed by atoms with Gasteiger partial charge >= 0.3 is 11.9 Å². The predicted molar refractivity (Wildman–Crippen MR) is 81.8 cm³/mol. The molecule has 4 atom stereocenters. The van der Waals surface area contributed by atoms with Gasteiger partial charge in [-0.3, -0.25) is 14.4 Å². The fraction of sp³-hybridized carbons (Fsp3) is 0.733. The topological polar surface area (TPSA) is 133 Å². The maximum atomic E-state index is 12.3. The Hall–Kier alpha value is -2.16. The van der Waals surface area contributed by atoms with Crippen LogP contribution in [0.2, 0.25) is 0 Å². The summed E-state index contributed by atoms with van der Waals surface area (Å²) in [7, 11) is 0. The Kier molecular flexibility index (Phi) is 7.15. The summed E-state index contributed by atoms with van der Waals surface area (Å²) in [5.41, 5.74) is 0. The smallest absolute Gasteiger partial charge is 0.326 e. The molecule has 0 bridgehead atoms. The molecule has 3 N–H and O–H groups in total. The Balaban J connectivity index is 2.77. The molecule has 9 nitrogen and oxygen atoms in total. The molecule has 0 aromatic carbocycles. The molecule has 0 spiro atoms. The fourth-order valence-corrected chi connectivity index (χ4v) is 2.71. The summed E-state index contributed by atoms with van der Waals surface area (Å²) in [6.07, 6.45) is -0.941. The van der Waals surface area contributed by atoms with Crippen LogP contribution in [0.15, 0.2) is 0 Å². The van der Waals surface area contributed by atoms with Crippen LogP contribution >= 0.6 is 0 Å². The number of nitrogens with one attached hydrogen (secondary N) is 1. The monoisotopic (exact) mass is 344 g/mol. The number of aliphatic carboxylic acids is 1. The van der Waals surface area contributed by atoms with Crippen LogP contribution in [0.5, 0.6) is 0 Å². The third-order valence-corrected chi connectivity index (χ3v) is 3.91.